The molecule has 0 atom stereocenters. The van der Waals surface area contributed by atoms with E-state index in [9.17, 15) is 0 Å². The number of benzene rings is 8. The molecule has 0 unspecified atom stereocenters. The van der Waals surface area contributed by atoms with Crippen LogP contribution in [0.2, 0.25) is 0 Å². The Bertz CT molecular complexity index is 2570. The van der Waals surface area contributed by atoms with Gasteiger partial charge in [-0.1, -0.05) is 91.0 Å². The van der Waals surface area contributed by atoms with Crippen LogP contribution in [0.4, 0.5) is 22.7 Å². The summed E-state index contributed by atoms with van der Waals surface area (Å²) in [5, 5.41) is 2.11. The summed E-state index contributed by atoms with van der Waals surface area (Å²) in [6, 6.07) is 56.8. The first-order valence-corrected chi connectivity index (χ1v) is 17.1. The maximum absolute atomic E-state index is 6.94. The largest absolute Gasteiger partial charge is 0.450 e. The van der Waals surface area contributed by atoms with Gasteiger partial charge in [-0.3, -0.25) is 0 Å². The Morgan fingerprint density at radius 1 is 0.346 bits per heavy atom. The molecule has 0 saturated heterocycles. The molecule has 0 bridgehead atoms. The topological polar surface area (TPSA) is 66.2 Å². The molecule has 0 aromatic heterocycles. The fraction of sp³-hybridized carbons (Fsp3) is 0. The highest BCUT2D eigenvalue weighted by atomic mass is 16.6. The number of para-hydroxylation sites is 4. The number of hydrogen-bond donors (Lipinski definition) is 1. The van der Waals surface area contributed by atoms with Gasteiger partial charge in [0.1, 0.15) is 0 Å². The first kappa shape index (κ1) is 29.7. The molecule has 2 aliphatic rings. The predicted molar refractivity (Wildman–Crippen MR) is 207 cm³/mol. The predicted octanol–water partition coefficient (Wildman–Crippen LogP) is 13.0. The third-order valence-electron chi connectivity index (χ3n) is 9.51. The van der Waals surface area contributed by atoms with Gasteiger partial charge < -0.3 is 29.6 Å². The molecular formula is C46H30N2O4. The average molecular weight is 675 g/mol. The molecule has 0 amide bonds. The molecule has 52 heavy (non-hydrogen) atoms. The molecule has 6 nitrogen and oxygen atoms in total. The van der Waals surface area contributed by atoms with Crippen molar-refractivity contribution in [2.45, 2.75) is 0 Å². The number of rotatable bonds is 5. The molecular weight excluding hydrogens is 645 g/mol. The van der Waals surface area contributed by atoms with Crippen LogP contribution in [-0.2, 0) is 0 Å². The van der Waals surface area contributed by atoms with Crippen molar-refractivity contribution in [1.29, 1.82) is 0 Å². The summed E-state index contributed by atoms with van der Waals surface area (Å²) in [6.07, 6.45) is 0. The van der Waals surface area contributed by atoms with E-state index in [0.29, 0.717) is 46.0 Å². The number of nitrogens with two attached hydrogens (primary N) is 1. The monoisotopic (exact) mass is 674 g/mol. The highest BCUT2D eigenvalue weighted by molar-refractivity contribution is 6.01. The minimum Gasteiger partial charge on any atom is -0.450 e. The van der Waals surface area contributed by atoms with E-state index in [0.717, 1.165) is 55.8 Å². The molecule has 0 spiro atoms. The number of ether oxygens (including phenoxy) is 4. The molecule has 2 heterocycles. The van der Waals surface area contributed by atoms with Gasteiger partial charge in [0.15, 0.2) is 46.0 Å². The number of fused-ring (bicyclic) bond motifs is 5. The highest BCUT2D eigenvalue weighted by Crippen LogP contribution is 2.51. The zero-order valence-electron chi connectivity index (χ0n) is 27.8. The first-order chi connectivity index (χ1) is 25.6. The fourth-order valence-corrected chi connectivity index (χ4v) is 7.00. The van der Waals surface area contributed by atoms with E-state index < -0.39 is 0 Å². The Morgan fingerprint density at radius 2 is 0.846 bits per heavy atom. The third kappa shape index (κ3) is 5.13. The van der Waals surface area contributed by atoms with Crippen molar-refractivity contribution in [1.82, 2.24) is 0 Å². The lowest BCUT2D eigenvalue weighted by Gasteiger charge is -2.30. The average Bonchev–Trinajstić information content (AvgIpc) is 3.20. The molecule has 10 rings (SSSR count). The summed E-state index contributed by atoms with van der Waals surface area (Å²) in [4.78, 5) is 2.20. The third-order valence-corrected chi connectivity index (χ3v) is 9.51. The van der Waals surface area contributed by atoms with Crippen LogP contribution in [0.5, 0.6) is 46.0 Å². The van der Waals surface area contributed by atoms with Gasteiger partial charge in [0.25, 0.3) is 0 Å². The van der Waals surface area contributed by atoms with Gasteiger partial charge in [-0.15, -0.1) is 0 Å². The highest BCUT2D eigenvalue weighted by Gasteiger charge is 2.25. The lowest BCUT2D eigenvalue weighted by atomic mass is 9.94. The van der Waals surface area contributed by atoms with Gasteiger partial charge in [0, 0.05) is 34.5 Å². The van der Waals surface area contributed by atoms with Crippen LogP contribution in [0.25, 0.3) is 33.0 Å². The summed E-state index contributed by atoms with van der Waals surface area (Å²) >= 11 is 0. The van der Waals surface area contributed by atoms with Crippen molar-refractivity contribution in [3.8, 4) is 68.2 Å². The molecule has 248 valence electrons. The second kappa shape index (κ2) is 12.0. The van der Waals surface area contributed by atoms with Crippen LogP contribution < -0.4 is 29.6 Å². The number of anilines is 4. The number of nitrogen functional groups attached to an aromatic ring is 1. The molecule has 0 saturated carbocycles. The van der Waals surface area contributed by atoms with Crippen molar-refractivity contribution >= 4 is 33.5 Å². The summed E-state index contributed by atoms with van der Waals surface area (Å²) in [6.45, 7) is 0. The van der Waals surface area contributed by atoms with E-state index in [1.54, 1.807) is 0 Å². The van der Waals surface area contributed by atoms with Gasteiger partial charge in [-0.2, -0.15) is 0 Å². The van der Waals surface area contributed by atoms with Gasteiger partial charge in [-0.05, 0) is 88.8 Å². The van der Waals surface area contributed by atoms with Gasteiger partial charge >= 0.3 is 0 Å². The van der Waals surface area contributed by atoms with Crippen molar-refractivity contribution in [3.63, 3.8) is 0 Å². The van der Waals surface area contributed by atoms with Gasteiger partial charge in [0.05, 0.1) is 11.4 Å². The van der Waals surface area contributed by atoms with E-state index in [4.69, 9.17) is 24.7 Å². The van der Waals surface area contributed by atoms with Crippen LogP contribution in [-0.4, -0.2) is 0 Å². The SMILES string of the molecule is Nc1c(-c2cc(-c3ccccc3)cc(N(c3ccc4c(c3)Oc3ccccc3O4)c3ccc4c(c3)Oc3ccccc3O4)c2)ccc2ccccc12. The summed E-state index contributed by atoms with van der Waals surface area (Å²) < 4.78 is 25.3. The van der Waals surface area contributed by atoms with Crippen LogP contribution in [0.1, 0.15) is 0 Å². The van der Waals surface area contributed by atoms with Crippen molar-refractivity contribution in [3.05, 3.63) is 170 Å². The molecule has 2 aliphatic heterocycles. The molecule has 8 aromatic rings. The lowest BCUT2D eigenvalue weighted by molar-refractivity contribution is 0.359. The maximum Gasteiger partial charge on any atom is 0.172 e. The zero-order chi connectivity index (χ0) is 34.6. The van der Waals surface area contributed by atoms with Crippen LogP contribution in [0.3, 0.4) is 0 Å². The van der Waals surface area contributed by atoms with E-state index in [1.807, 2.05) is 103 Å². The minimum atomic E-state index is 0.617. The molecule has 0 radical (unpaired) electrons. The minimum absolute atomic E-state index is 0.617. The zero-order valence-corrected chi connectivity index (χ0v) is 27.8. The lowest BCUT2D eigenvalue weighted by Crippen LogP contribution is -2.12. The maximum atomic E-state index is 6.94. The van der Waals surface area contributed by atoms with Crippen LogP contribution in [0.15, 0.2) is 170 Å². The molecule has 0 fully saturated rings. The molecule has 8 aromatic carbocycles. The standard InChI is InChI=1S/C46H30N2O4/c47-46-36-13-5-4-12-30(36)18-21-37(46)32-24-31(29-10-2-1-3-11-29)25-35(26-32)48(33-19-22-42-44(27-33)51-40-16-8-6-14-38(40)49-42)34-20-23-43-45(28-34)52-41-17-9-7-15-39(41)50-43/h1-28H,47H2. The number of nitrogens with zero attached hydrogens (tertiary/aromatic N) is 1. The van der Waals surface area contributed by atoms with E-state index in [2.05, 4.69) is 71.6 Å². The van der Waals surface area contributed by atoms with Gasteiger partial charge in [-0.25, -0.2) is 0 Å². The molecule has 0 aliphatic carbocycles. The number of hydrogen-bond acceptors (Lipinski definition) is 6. The second-order valence-electron chi connectivity index (χ2n) is 12.8. The Kier molecular flexibility index (Phi) is 6.86. The summed E-state index contributed by atoms with van der Waals surface area (Å²) in [5.41, 5.74) is 14.4. The van der Waals surface area contributed by atoms with E-state index >= 15 is 0 Å². The molecule has 6 heteroatoms. The van der Waals surface area contributed by atoms with Crippen LogP contribution >= 0.6 is 0 Å². The Labute approximate surface area is 300 Å². The Hall–Kier alpha value is -7.18. The van der Waals surface area contributed by atoms with Crippen molar-refractivity contribution in [2.75, 3.05) is 10.6 Å². The van der Waals surface area contributed by atoms with Crippen molar-refractivity contribution in [2.24, 2.45) is 0 Å². The molecule has 2 N–H and O–H groups in total. The van der Waals surface area contributed by atoms with Crippen LogP contribution in [0, 0.1) is 0 Å². The quantitative estimate of drug-likeness (QED) is 0.183. The second-order valence-corrected chi connectivity index (χ2v) is 12.8. The Balaban J connectivity index is 1.18. The van der Waals surface area contributed by atoms with E-state index in [-0.39, 0.29) is 0 Å². The summed E-state index contributed by atoms with van der Waals surface area (Å²) in [7, 11) is 0. The normalized spacial score (nSPS) is 12.2. The van der Waals surface area contributed by atoms with E-state index in [1.165, 1.54) is 0 Å². The summed E-state index contributed by atoms with van der Waals surface area (Å²) in [5.74, 6) is 5.21. The first-order valence-electron chi connectivity index (χ1n) is 17.1. The smallest absolute Gasteiger partial charge is 0.172 e. The fourth-order valence-electron chi connectivity index (χ4n) is 7.00. The Morgan fingerprint density at radius 3 is 1.46 bits per heavy atom. The van der Waals surface area contributed by atoms with Crippen molar-refractivity contribution < 1.29 is 18.9 Å². The van der Waals surface area contributed by atoms with Gasteiger partial charge in [0.2, 0.25) is 0 Å².